The van der Waals surface area contributed by atoms with Crippen molar-refractivity contribution in [1.82, 2.24) is 0 Å². The van der Waals surface area contributed by atoms with Gasteiger partial charge < -0.3 is 0 Å². The lowest BCUT2D eigenvalue weighted by atomic mass is 11.3. The van der Waals surface area contributed by atoms with Crippen LogP contribution in [-0.2, 0) is 0 Å². The lowest BCUT2D eigenvalue weighted by molar-refractivity contribution is 2.63. The Morgan fingerprint density at radius 3 is 1.33 bits per heavy atom. The van der Waals surface area contributed by atoms with Gasteiger partial charge in [-0.15, -0.1) is 25.6 Å². The van der Waals surface area contributed by atoms with Gasteiger partial charge in [-0.2, -0.15) is 0 Å². The van der Waals surface area contributed by atoms with Gasteiger partial charge in [0.15, 0.2) is 0 Å². The van der Waals surface area contributed by atoms with E-state index < -0.39 is 0 Å². The number of hydrogen-bond acceptors (Lipinski definition) is 0. The Morgan fingerprint density at radius 2 is 1.33 bits per heavy atom. The quantitative estimate of drug-likeness (QED) is 0.438. The van der Waals surface area contributed by atoms with Crippen LogP contribution >= 0.6 is 24.0 Å². The molecule has 0 heterocycles. The summed E-state index contributed by atoms with van der Waals surface area (Å²) < 4.78 is 0. The van der Waals surface area contributed by atoms with E-state index in [9.17, 15) is 0 Å². The Bertz CT molecular complexity index is 19.5. The molecule has 0 aromatic carbocycles. The van der Waals surface area contributed by atoms with E-state index >= 15 is 0 Å². The van der Waals surface area contributed by atoms with Crippen LogP contribution in [0.5, 0.6) is 0 Å². The summed E-state index contributed by atoms with van der Waals surface area (Å²) in [4.78, 5) is 0. The molecule has 0 spiro atoms. The van der Waals surface area contributed by atoms with Crippen molar-refractivity contribution in [3.05, 3.63) is 25.3 Å². The summed E-state index contributed by atoms with van der Waals surface area (Å²) in [6.07, 6.45) is 0. The molecule has 38 valence electrons. The van der Waals surface area contributed by atoms with Crippen LogP contribution in [0.25, 0.3) is 0 Å². The highest BCUT2D eigenvalue weighted by molar-refractivity contribution is 6.25. The standard InChI is InChI=1S/C2H3Cl.C2H4.ClH/c1-2-3;1-2;/h2H,1H2;1-2H2;1H. The minimum absolute atomic E-state index is 0. The highest BCUT2D eigenvalue weighted by Crippen LogP contribution is 1.60. The fraction of sp³-hybridized carbons (Fsp3) is 0. The van der Waals surface area contributed by atoms with Gasteiger partial charge in [-0.1, -0.05) is 18.2 Å². The zero-order chi connectivity index (χ0) is 4.71. The molecular formula is C4H8Cl2. The Morgan fingerprint density at radius 1 is 1.33 bits per heavy atom. The third kappa shape index (κ3) is 10600. The first-order valence-electron chi connectivity index (χ1n) is 1.13. The predicted molar refractivity (Wildman–Crippen MR) is 34.6 cm³/mol. The molecule has 0 aromatic heterocycles. The van der Waals surface area contributed by atoms with Gasteiger partial charge in [0.05, 0.1) is 0 Å². The maximum atomic E-state index is 4.76. The molecule has 0 aliphatic carbocycles. The van der Waals surface area contributed by atoms with Crippen LogP contribution in [0, 0.1) is 0 Å². The number of hydrogen-bond donors (Lipinski definition) is 0. The zero-order valence-electron chi connectivity index (χ0n) is 3.48. The molecule has 6 heavy (non-hydrogen) atoms. The molecule has 0 bridgehead atoms. The van der Waals surface area contributed by atoms with Crippen LogP contribution in [0.4, 0.5) is 0 Å². The Labute approximate surface area is 49.9 Å². The van der Waals surface area contributed by atoms with Gasteiger partial charge in [0, 0.05) is 0 Å². The molecule has 0 rings (SSSR count). The minimum atomic E-state index is 0. The summed E-state index contributed by atoms with van der Waals surface area (Å²) in [6.45, 7) is 9.13. The molecule has 0 amide bonds. The van der Waals surface area contributed by atoms with Gasteiger partial charge in [0.2, 0.25) is 0 Å². The predicted octanol–water partition coefficient (Wildman–Crippen LogP) is 2.59. The first kappa shape index (κ1) is 16.6. The second-order valence-corrected chi connectivity index (χ2v) is 0.463. The van der Waals surface area contributed by atoms with Gasteiger partial charge in [0.25, 0.3) is 0 Å². The van der Waals surface area contributed by atoms with E-state index in [1.807, 2.05) is 0 Å². The fourth-order valence-corrected chi connectivity index (χ4v) is 0. The number of halogens is 2. The van der Waals surface area contributed by atoms with Gasteiger partial charge in [-0.3, -0.25) is 0 Å². The molecule has 0 fully saturated rings. The van der Waals surface area contributed by atoms with E-state index in [4.69, 9.17) is 11.6 Å². The zero-order valence-corrected chi connectivity index (χ0v) is 5.06. The molecule has 0 unspecified atom stereocenters. The van der Waals surface area contributed by atoms with Gasteiger partial charge in [-0.05, 0) is 5.54 Å². The maximum absolute atomic E-state index is 4.76. The van der Waals surface area contributed by atoms with E-state index in [-0.39, 0.29) is 12.4 Å². The van der Waals surface area contributed by atoms with Crippen LogP contribution in [-0.4, -0.2) is 0 Å². The van der Waals surface area contributed by atoms with Crippen LogP contribution in [0.15, 0.2) is 25.3 Å². The normalized spacial score (nSPS) is 2.83. The van der Waals surface area contributed by atoms with Crippen molar-refractivity contribution in [1.29, 1.82) is 0 Å². The summed E-state index contributed by atoms with van der Waals surface area (Å²) >= 11 is 4.76. The molecule has 0 nitrogen and oxygen atoms in total. The van der Waals surface area contributed by atoms with Crippen molar-refractivity contribution in [2.24, 2.45) is 0 Å². The van der Waals surface area contributed by atoms with Gasteiger partial charge >= 0.3 is 0 Å². The average Bonchev–Trinajstić information content (AvgIpc) is 1.46. The molecule has 0 radical (unpaired) electrons. The topological polar surface area (TPSA) is 0 Å². The van der Waals surface area contributed by atoms with E-state index in [1.54, 1.807) is 0 Å². The molecule has 0 saturated carbocycles. The van der Waals surface area contributed by atoms with Crippen LogP contribution in [0.1, 0.15) is 0 Å². The van der Waals surface area contributed by atoms with Gasteiger partial charge in [-0.25, -0.2) is 0 Å². The van der Waals surface area contributed by atoms with Gasteiger partial charge in [0.1, 0.15) is 0 Å². The third-order valence-electron chi connectivity index (χ3n) is 0. The molecule has 0 aliphatic heterocycles. The molecule has 0 atom stereocenters. The maximum Gasteiger partial charge on any atom is -0.00296 e. The van der Waals surface area contributed by atoms with E-state index in [2.05, 4.69) is 19.7 Å². The molecular weight excluding hydrogens is 119 g/mol. The first-order valence-corrected chi connectivity index (χ1v) is 1.56. The highest BCUT2D eigenvalue weighted by atomic mass is 35.5. The second-order valence-electron chi connectivity index (χ2n) is 0.154. The molecule has 0 aliphatic rings. The van der Waals surface area contributed by atoms with Crippen LogP contribution < -0.4 is 0 Å². The summed E-state index contributed by atoms with van der Waals surface area (Å²) in [6, 6.07) is 0. The summed E-state index contributed by atoms with van der Waals surface area (Å²) in [7, 11) is 0. The Kier molecular flexibility index (Phi) is 205. The monoisotopic (exact) mass is 126 g/mol. The van der Waals surface area contributed by atoms with Crippen LogP contribution in [0.3, 0.4) is 0 Å². The van der Waals surface area contributed by atoms with E-state index in [1.165, 1.54) is 5.54 Å². The molecule has 0 saturated heterocycles. The van der Waals surface area contributed by atoms with Crippen molar-refractivity contribution >= 4 is 24.0 Å². The summed E-state index contributed by atoms with van der Waals surface area (Å²) in [5, 5.41) is 0. The highest BCUT2D eigenvalue weighted by Gasteiger charge is 1.18. The van der Waals surface area contributed by atoms with Crippen molar-refractivity contribution < 1.29 is 0 Å². The smallest absolute Gasteiger partial charge is 0.00296 e. The second kappa shape index (κ2) is 74.2. The fourth-order valence-electron chi connectivity index (χ4n) is 0. The number of rotatable bonds is 0. The minimum Gasteiger partial charge on any atom is -0.147 e. The largest absolute Gasteiger partial charge is 0.147 e. The van der Waals surface area contributed by atoms with E-state index in [0.29, 0.717) is 0 Å². The molecule has 2 heteroatoms. The first-order chi connectivity index (χ1) is 2.41. The third-order valence-corrected chi connectivity index (χ3v) is 0. The molecule has 0 N–H and O–H groups in total. The Balaban J connectivity index is -0.0000000275. The summed E-state index contributed by atoms with van der Waals surface area (Å²) in [5.74, 6) is 0. The Hall–Kier alpha value is 0.0600. The molecule has 0 aromatic rings. The SMILES string of the molecule is C=C.C=CCl.Cl. The van der Waals surface area contributed by atoms with E-state index in [0.717, 1.165) is 0 Å². The van der Waals surface area contributed by atoms with Crippen molar-refractivity contribution in [2.75, 3.05) is 0 Å². The van der Waals surface area contributed by atoms with Crippen molar-refractivity contribution in [3.8, 4) is 0 Å². The van der Waals surface area contributed by atoms with Crippen LogP contribution in [0.2, 0.25) is 0 Å². The average molecular weight is 127 g/mol. The van der Waals surface area contributed by atoms with Crippen molar-refractivity contribution in [2.45, 2.75) is 0 Å². The summed E-state index contributed by atoms with van der Waals surface area (Å²) in [5.41, 5.74) is 1.22. The van der Waals surface area contributed by atoms with Crippen molar-refractivity contribution in [3.63, 3.8) is 0 Å². The lowest BCUT2D eigenvalue weighted by Crippen LogP contribution is -0.926. The lowest BCUT2D eigenvalue weighted by Gasteiger charge is -1.27.